The Morgan fingerprint density at radius 1 is 1.50 bits per heavy atom. The lowest BCUT2D eigenvalue weighted by Gasteiger charge is -2.14. The van der Waals surface area contributed by atoms with Crippen molar-refractivity contribution in [2.75, 3.05) is 12.4 Å². The highest BCUT2D eigenvalue weighted by Gasteiger charge is 2.22. The highest BCUT2D eigenvalue weighted by molar-refractivity contribution is 5.90. The van der Waals surface area contributed by atoms with Crippen molar-refractivity contribution in [1.82, 2.24) is 15.3 Å². The fourth-order valence-corrected chi connectivity index (χ4v) is 2.25. The Balaban J connectivity index is 1.91. The van der Waals surface area contributed by atoms with E-state index in [0.717, 1.165) is 12.8 Å². The Bertz CT molecular complexity index is 424. The third kappa shape index (κ3) is 3.09. The summed E-state index contributed by atoms with van der Waals surface area (Å²) >= 11 is 0. The van der Waals surface area contributed by atoms with Crippen LogP contribution in [0.1, 0.15) is 26.2 Å². The van der Waals surface area contributed by atoms with Gasteiger partial charge in [0.1, 0.15) is 12.0 Å². The Morgan fingerprint density at radius 3 is 3.00 bits per heavy atom. The van der Waals surface area contributed by atoms with E-state index in [9.17, 15) is 4.79 Å². The highest BCUT2D eigenvalue weighted by atomic mass is 16.5. The number of carbonyl (C=O) groups is 1. The number of urea groups is 1. The van der Waals surface area contributed by atoms with Gasteiger partial charge in [-0.2, -0.15) is 4.98 Å². The number of amides is 2. The molecule has 0 spiro atoms. The minimum absolute atomic E-state index is 0.234. The van der Waals surface area contributed by atoms with Crippen molar-refractivity contribution in [1.29, 1.82) is 0 Å². The number of methoxy groups -OCH3 is 1. The van der Waals surface area contributed by atoms with Crippen LogP contribution < -0.4 is 15.4 Å². The van der Waals surface area contributed by atoms with Crippen molar-refractivity contribution in [3.05, 3.63) is 12.5 Å². The molecule has 0 unspecified atom stereocenters. The monoisotopic (exact) mass is 250 g/mol. The smallest absolute Gasteiger partial charge is 0.319 e. The fraction of sp³-hybridized carbons (Fsp3) is 0.583. The fourth-order valence-electron chi connectivity index (χ4n) is 2.25. The molecule has 18 heavy (non-hydrogen) atoms. The molecule has 0 saturated heterocycles. The van der Waals surface area contributed by atoms with E-state index in [0.29, 0.717) is 17.5 Å². The van der Waals surface area contributed by atoms with Crippen molar-refractivity contribution < 1.29 is 9.53 Å². The number of nitrogens with one attached hydrogen (secondary N) is 2. The molecule has 2 N–H and O–H groups in total. The molecule has 1 aliphatic carbocycles. The maximum atomic E-state index is 11.8. The third-order valence-electron chi connectivity index (χ3n) is 3.15. The van der Waals surface area contributed by atoms with Crippen LogP contribution in [-0.4, -0.2) is 29.2 Å². The first-order chi connectivity index (χ1) is 8.69. The number of aromatic nitrogens is 2. The zero-order valence-electron chi connectivity index (χ0n) is 10.6. The summed E-state index contributed by atoms with van der Waals surface area (Å²) in [5.41, 5.74) is 0.476. The van der Waals surface area contributed by atoms with E-state index in [-0.39, 0.29) is 12.1 Å². The second-order valence-corrected chi connectivity index (χ2v) is 4.66. The zero-order chi connectivity index (χ0) is 13.0. The van der Waals surface area contributed by atoms with Crippen LogP contribution in [0.25, 0.3) is 0 Å². The van der Waals surface area contributed by atoms with E-state index in [1.165, 1.54) is 26.1 Å². The molecule has 1 fully saturated rings. The van der Waals surface area contributed by atoms with Crippen molar-refractivity contribution in [3.63, 3.8) is 0 Å². The average molecular weight is 250 g/mol. The van der Waals surface area contributed by atoms with Crippen molar-refractivity contribution in [2.24, 2.45) is 5.92 Å². The van der Waals surface area contributed by atoms with Crippen molar-refractivity contribution >= 4 is 11.7 Å². The minimum Gasteiger partial charge on any atom is -0.479 e. The summed E-state index contributed by atoms with van der Waals surface area (Å²) < 4.78 is 5.04. The number of anilines is 1. The van der Waals surface area contributed by atoms with E-state index < -0.39 is 0 Å². The average Bonchev–Trinajstić information content (AvgIpc) is 2.75. The molecule has 1 saturated carbocycles. The van der Waals surface area contributed by atoms with Crippen LogP contribution >= 0.6 is 0 Å². The maximum Gasteiger partial charge on any atom is 0.319 e. The van der Waals surface area contributed by atoms with Crippen LogP contribution in [0.15, 0.2) is 12.5 Å². The van der Waals surface area contributed by atoms with Gasteiger partial charge >= 0.3 is 6.03 Å². The van der Waals surface area contributed by atoms with Gasteiger partial charge in [0.25, 0.3) is 0 Å². The molecule has 0 aromatic carbocycles. The minimum atomic E-state index is -0.234. The molecular formula is C12H18N4O2. The highest BCUT2D eigenvalue weighted by Crippen LogP contribution is 2.25. The normalized spacial score (nSPS) is 22.6. The van der Waals surface area contributed by atoms with Crippen LogP contribution in [0, 0.1) is 5.92 Å². The van der Waals surface area contributed by atoms with Crippen LogP contribution in [0.4, 0.5) is 10.5 Å². The summed E-state index contributed by atoms with van der Waals surface area (Å²) in [5.74, 6) is 1.05. The topological polar surface area (TPSA) is 76.1 Å². The van der Waals surface area contributed by atoms with Gasteiger partial charge in [-0.1, -0.05) is 6.92 Å². The Kier molecular flexibility index (Phi) is 3.96. The van der Waals surface area contributed by atoms with E-state index in [1.807, 2.05) is 0 Å². The summed E-state index contributed by atoms with van der Waals surface area (Å²) in [6.45, 7) is 2.20. The predicted molar refractivity (Wildman–Crippen MR) is 67.5 cm³/mol. The molecule has 0 radical (unpaired) electrons. The van der Waals surface area contributed by atoms with Crippen LogP contribution in [0.5, 0.6) is 5.88 Å². The first-order valence-corrected chi connectivity index (χ1v) is 6.10. The molecule has 2 atom stereocenters. The van der Waals surface area contributed by atoms with E-state index in [4.69, 9.17) is 4.74 Å². The summed E-state index contributed by atoms with van der Waals surface area (Å²) in [6.07, 6.45) is 6.14. The summed E-state index contributed by atoms with van der Waals surface area (Å²) in [5, 5.41) is 5.65. The van der Waals surface area contributed by atoms with Gasteiger partial charge in [-0.15, -0.1) is 0 Å². The molecule has 2 rings (SSSR count). The lowest BCUT2D eigenvalue weighted by atomic mass is 10.1. The maximum absolute atomic E-state index is 11.8. The molecule has 6 nitrogen and oxygen atoms in total. The molecule has 1 heterocycles. The number of hydrogen-bond donors (Lipinski definition) is 2. The molecule has 2 amide bonds. The van der Waals surface area contributed by atoms with Gasteiger partial charge in [-0.05, 0) is 25.2 Å². The van der Waals surface area contributed by atoms with Crippen molar-refractivity contribution in [2.45, 2.75) is 32.2 Å². The third-order valence-corrected chi connectivity index (χ3v) is 3.15. The molecule has 0 aliphatic heterocycles. The molecule has 1 aromatic rings. The van der Waals surface area contributed by atoms with E-state index in [1.54, 1.807) is 0 Å². The second kappa shape index (κ2) is 5.66. The van der Waals surface area contributed by atoms with Gasteiger partial charge in [0.05, 0.1) is 13.3 Å². The SMILES string of the molecule is COc1ncncc1NC(=O)N[C@H]1CC[C@H](C)C1. The molecule has 1 aliphatic rings. The zero-order valence-corrected chi connectivity index (χ0v) is 10.6. The van der Waals surface area contributed by atoms with Gasteiger partial charge in [0, 0.05) is 6.04 Å². The van der Waals surface area contributed by atoms with Crippen molar-refractivity contribution in [3.8, 4) is 5.88 Å². The largest absolute Gasteiger partial charge is 0.479 e. The predicted octanol–water partition coefficient (Wildman–Crippen LogP) is 1.80. The molecule has 1 aromatic heterocycles. The summed E-state index contributed by atoms with van der Waals surface area (Å²) in [7, 11) is 1.50. The van der Waals surface area contributed by atoms with Gasteiger partial charge in [-0.3, -0.25) is 0 Å². The van der Waals surface area contributed by atoms with E-state index >= 15 is 0 Å². The molecule has 98 valence electrons. The Hall–Kier alpha value is -1.85. The van der Waals surface area contributed by atoms with Gasteiger partial charge < -0.3 is 15.4 Å². The van der Waals surface area contributed by atoms with Crippen LogP contribution in [-0.2, 0) is 0 Å². The lowest BCUT2D eigenvalue weighted by Crippen LogP contribution is -2.36. The Labute approximate surface area is 106 Å². The number of nitrogens with zero attached hydrogens (tertiary/aromatic N) is 2. The molecule has 0 bridgehead atoms. The first-order valence-electron chi connectivity index (χ1n) is 6.10. The quantitative estimate of drug-likeness (QED) is 0.857. The van der Waals surface area contributed by atoms with Gasteiger partial charge in [0.15, 0.2) is 0 Å². The molecular weight excluding hydrogens is 232 g/mol. The number of rotatable bonds is 3. The number of carbonyl (C=O) groups excluding carboxylic acids is 1. The van der Waals surface area contributed by atoms with E-state index in [2.05, 4.69) is 27.5 Å². The van der Waals surface area contributed by atoms with Crippen LogP contribution in [0.3, 0.4) is 0 Å². The number of hydrogen-bond acceptors (Lipinski definition) is 4. The summed E-state index contributed by atoms with van der Waals surface area (Å²) in [6, 6.07) is 0.0258. The first kappa shape index (κ1) is 12.6. The van der Waals surface area contributed by atoms with Gasteiger partial charge in [0.2, 0.25) is 5.88 Å². The Morgan fingerprint density at radius 2 is 2.33 bits per heavy atom. The lowest BCUT2D eigenvalue weighted by molar-refractivity contribution is 0.248. The number of ether oxygens (including phenoxy) is 1. The molecule has 6 heteroatoms. The standard InChI is InChI=1S/C12H18N4O2/c1-8-3-4-9(5-8)15-12(17)16-10-6-13-7-14-11(10)18-2/h6-9H,3-5H2,1-2H3,(H2,15,16,17)/t8-,9-/m0/s1. The van der Waals surface area contributed by atoms with Gasteiger partial charge in [-0.25, -0.2) is 9.78 Å². The van der Waals surface area contributed by atoms with Crippen LogP contribution in [0.2, 0.25) is 0 Å². The second-order valence-electron chi connectivity index (χ2n) is 4.66. The summed E-state index contributed by atoms with van der Waals surface area (Å²) in [4.78, 5) is 19.6.